The van der Waals surface area contributed by atoms with E-state index in [9.17, 15) is 4.79 Å². The molecular weight excluding hydrogens is 290 g/mol. The first-order valence-corrected chi connectivity index (χ1v) is 7.94. The highest BCUT2D eigenvalue weighted by Gasteiger charge is 2.16. The number of allylic oxidation sites excluding steroid dienone is 2. The fraction of sp³-hybridized carbons (Fsp3) is 0.214. The highest BCUT2D eigenvalue weighted by molar-refractivity contribution is 8.10. The van der Waals surface area contributed by atoms with E-state index in [0.29, 0.717) is 16.4 Å². The topological polar surface area (TPSA) is 68.9 Å². The molecule has 1 aliphatic heterocycles. The predicted octanol–water partition coefficient (Wildman–Crippen LogP) is 3.78. The first-order valence-electron chi connectivity index (χ1n) is 6.24. The summed E-state index contributed by atoms with van der Waals surface area (Å²) in [7, 11) is 0. The van der Waals surface area contributed by atoms with Gasteiger partial charge in [-0.1, -0.05) is 23.9 Å². The number of aldehydes is 1. The monoisotopic (exact) mass is 303 g/mol. The van der Waals surface area contributed by atoms with E-state index in [1.54, 1.807) is 11.8 Å². The Hall–Kier alpha value is -1.66. The lowest BCUT2D eigenvalue weighted by Gasteiger charge is -2.04. The molecule has 0 spiro atoms. The van der Waals surface area contributed by atoms with Crippen LogP contribution in [0, 0.1) is 6.92 Å². The largest absolute Gasteiger partial charge is 0.397 e. The second-order valence-corrected chi connectivity index (χ2v) is 6.42. The summed E-state index contributed by atoms with van der Waals surface area (Å²) in [5, 5.41) is 2.87. The third-order valence-corrected chi connectivity index (χ3v) is 5.04. The number of nitrogens with two attached hydrogens (primary N) is 1. The van der Waals surface area contributed by atoms with Crippen LogP contribution in [0.4, 0.5) is 5.69 Å². The van der Waals surface area contributed by atoms with Gasteiger partial charge in [0.05, 0.1) is 26.5 Å². The highest BCUT2D eigenvalue weighted by Crippen LogP contribution is 2.36. The number of rotatable bonds is 2. The first-order chi connectivity index (χ1) is 9.70. The van der Waals surface area contributed by atoms with Crippen LogP contribution < -0.4 is 5.73 Å². The summed E-state index contributed by atoms with van der Waals surface area (Å²) in [5.41, 5.74) is 7.29. The molecular formula is C14H13N3OS2. The minimum Gasteiger partial charge on any atom is -0.397 e. The Morgan fingerprint density at radius 1 is 1.35 bits per heavy atom. The zero-order valence-corrected chi connectivity index (χ0v) is 12.6. The molecule has 0 aliphatic carbocycles. The lowest BCUT2D eigenvalue weighted by Crippen LogP contribution is -1.96. The van der Waals surface area contributed by atoms with Crippen molar-refractivity contribution < 1.29 is 4.79 Å². The fourth-order valence-corrected chi connectivity index (χ4v) is 3.85. The van der Waals surface area contributed by atoms with Crippen LogP contribution >= 0.6 is 23.1 Å². The second-order valence-electron chi connectivity index (χ2n) is 4.45. The standard InChI is InChI=1S/C14H13N3OS2/c1-8-11-12(15)10(7-18)20-14(11)17-13(16-8)9-5-3-2-4-6-19-9/h4-7H,2-3,15H2,1H3. The van der Waals surface area contributed by atoms with Crippen molar-refractivity contribution in [1.82, 2.24) is 9.97 Å². The van der Waals surface area contributed by atoms with Crippen LogP contribution in [0.1, 0.15) is 34.0 Å². The minimum atomic E-state index is 0.492. The number of thiophene rings is 1. The lowest BCUT2D eigenvalue weighted by atomic mass is 10.2. The van der Waals surface area contributed by atoms with Crippen LogP contribution in [0.25, 0.3) is 15.1 Å². The summed E-state index contributed by atoms with van der Waals surface area (Å²) in [6.45, 7) is 1.91. The van der Waals surface area contributed by atoms with Crippen LogP contribution in [0.5, 0.6) is 0 Å². The summed E-state index contributed by atoms with van der Waals surface area (Å²) in [6, 6.07) is 0. The Morgan fingerprint density at radius 3 is 3.00 bits per heavy atom. The second kappa shape index (κ2) is 5.38. The van der Waals surface area contributed by atoms with Crippen molar-refractivity contribution in [3.63, 3.8) is 0 Å². The number of anilines is 1. The Kier molecular flexibility index (Phi) is 3.58. The van der Waals surface area contributed by atoms with Gasteiger partial charge in [-0.2, -0.15) is 0 Å². The Labute approximate surface area is 124 Å². The molecule has 0 aromatic carbocycles. The van der Waals surface area contributed by atoms with Crippen molar-refractivity contribution in [1.29, 1.82) is 0 Å². The number of carbonyl (C=O) groups excluding carboxylic acids is 1. The van der Waals surface area contributed by atoms with Gasteiger partial charge in [-0.3, -0.25) is 4.79 Å². The number of hydrogen-bond acceptors (Lipinski definition) is 6. The van der Waals surface area contributed by atoms with E-state index in [1.165, 1.54) is 11.3 Å². The first kappa shape index (κ1) is 13.3. The van der Waals surface area contributed by atoms with Crippen LogP contribution in [0.3, 0.4) is 0 Å². The molecule has 0 fully saturated rings. The Balaban J connectivity index is 2.16. The summed E-state index contributed by atoms with van der Waals surface area (Å²) >= 11 is 2.95. The maximum absolute atomic E-state index is 11.0. The minimum absolute atomic E-state index is 0.492. The van der Waals surface area contributed by atoms with Gasteiger partial charge in [-0.05, 0) is 25.2 Å². The van der Waals surface area contributed by atoms with Gasteiger partial charge in [0.2, 0.25) is 0 Å². The zero-order valence-electron chi connectivity index (χ0n) is 10.9. The highest BCUT2D eigenvalue weighted by atomic mass is 32.2. The number of aromatic nitrogens is 2. The molecule has 0 bridgehead atoms. The van der Waals surface area contributed by atoms with E-state index in [0.717, 1.165) is 39.9 Å². The molecule has 2 aromatic heterocycles. The summed E-state index contributed by atoms with van der Waals surface area (Å²) in [5.74, 6) is 0.713. The van der Waals surface area contributed by atoms with E-state index in [-0.39, 0.29) is 0 Å². The van der Waals surface area contributed by atoms with E-state index < -0.39 is 0 Å². The van der Waals surface area contributed by atoms with Gasteiger partial charge in [0.25, 0.3) is 0 Å². The quantitative estimate of drug-likeness (QED) is 0.855. The van der Waals surface area contributed by atoms with Gasteiger partial charge in [0, 0.05) is 0 Å². The van der Waals surface area contributed by atoms with Gasteiger partial charge < -0.3 is 5.73 Å². The number of aryl methyl sites for hydroxylation is 1. The normalized spacial score (nSPS) is 15.2. The summed E-state index contributed by atoms with van der Waals surface area (Å²) < 4.78 is 0. The Morgan fingerprint density at radius 2 is 2.20 bits per heavy atom. The molecule has 0 unspecified atom stereocenters. The molecule has 102 valence electrons. The SMILES string of the molecule is Cc1nc(C2=CCCC=CS2)nc2sc(C=O)c(N)c12. The van der Waals surface area contributed by atoms with Crippen molar-refractivity contribution in [3.8, 4) is 0 Å². The predicted molar refractivity (Wildman–Crippen MR) is 85.9 cm³/mol. The van der Waals surface area contributed by atoms with Crippen LogP contribution in [-0.2, 0) is 0 Å². The van der Waals surface area contributed by atoms with Crippen molar-refractivity contribution in [2.24, 2.45) is 0 Å². The molecule has 0 saturated carbocycles. The molecule has 6 heteroatoms. The van der Waals surface area contributed by atoms with Gasteiger partial charge >= 0.3 is 0 Å². The molecule has 0 atom stereocenters. The number of fused-ring (bicyclic) bond motifs is 1. The maximum Gasteiger partial charge on any atom is 0.167 e. The van der Waals surface area contributed by atoms with E-state index in [4.69, 9.17) is 5.73 Å². The van der Waals surface area contributed by atoms with Crippen molar-refractivity contribution >= 4 is 50.2 Å². The molecule has 0 radical (unpaired) electrons. The third-order valence-electron chi connectivity index (χ3n) is 3.08. The molecule has 4 nitrogen and oxygen atoms in total. The molecule has 0 saturated heterocycles. The number of hydrogen-bond donors (Lipinski definition) is 1. The van der Waals surface area contributed by atoms with Crippen molar-refractivity contribution in [2.45, 2.75) is 19.8 Å². The lowest BCUT2D eigenvalue weighted by molar-refractivity contribution is 0.112. The van der Waals surface area contributed by atoms with Gasteiger partial charge in [-0.15, -0.1) is 11.3 Å². The number of thioether (sulfide) groups is 1. The molecule has 3 heterocycles. The fourth-order valence-electron chi connectivity index (χ4n) is 2.10. The number of nitrogen functional groups attached to an aromatic ring is 1. The van der Waals surface area contributed by atoms with Crippen molar-refractivity contribution in [3.05, 3.63) is 34.0 Å². The van der Waals surface area contributed by atoms with E-state index >= 15 is 0 Å². The Bertz CT molecular complexity index is 746. The molecule has 20 heavy (non-hydrogen) atoms. The van der Waals surface area contributed by atoms with Crippen LogP contribution in [0.15, 0.2) is 17.6 Å². The van der Waals surface area contributed by atoms with Crippen LogP contribution in [-0.4, -0.2) is 16.3 Å². The zero-order chi connectivity index (χ0) is 14.1. The van der Waals surface area contributed by atoms with Gasteiger partial charge in [0.15, 0.2) is 12.1 Å². The summed E-state index contributed by atoms with van der Waals surface area (Å²) in [6.07, 6.45) is 7.11. The molecule has 2 aromatic rings. The molecule has 0 amide bonds. The van der Waals surface area contributed by atoms with E-state index in [2.05, 4.69) is 27.5 Å². The van der Waals surface area contributed by atoms with Crippen LogP contribution in [0.2, 0.25) is 0 Å². The smallest absolute Gasteiger partial charge is 0.167 e. The molecule has 2 N–H and O–H groups in total. The van der Waals surface area contributed by atoms with Gasteiger partial charge in [0.1, 0.15) is 4.83 Å². The molecule has 3 rings (SSSR count). The third kappa shape index (κ3) is 2.25. The average molecular weight is 303 g/mol. The van der Waals surface area contributed by atoms with Crippen molar-refractivity contribution in [2.75, 3.05) is 5.73 Å². The summed E-state index contributed by atoms with van der Waals surface area (Å²) in [4.78, 5) is 22.5. The van der Waals surface area contributed by atoms with Gasteiger partial charge in [-0.25, -0.2) is 9.97 Å². The number of carbonyl (C=O) groups is 1. The van der Waals surface area contributed by atoms with E-state index in [1.807, 2.05) is 6.92 Å². The maximum atomic E-state index is 11.0. The number of nitrogens with zero attached hydrogens (tertiary/aromatic N) is 2. The molecule has 1 aliphatic rings. The average Bonchev–Trinajstić information content (AvgIpc) is 2.64.